The number of furan rings is 1. The van der Waals surface area contributed by atoms with Gasteiger partial charge in [0.05, 0.1) is 24.4 Å². The number of piperidine rings is 1. The Morgan fingerprint density at radius 2 is 1.88 bits per heavy atom. The number of rotatable bonds is 5. The molecular weight excluding hydrogens is 421 g/mol. The van der Waals surface area contributed by atoms with Gasteiger partial charge >= 0.3 is 0 Å². The van der Waals surface area contributed by atoms with Crippen LogP contribution in [0.15, 0.2) is 52.9 Å². The van der Waals surface area contributed by atoms with Gasteiger partial charge in [0.1, 0.15) is 17.2 Å². The molecule has 2 N–H and O–H groups in total. The minimum Gasteiger partial charge on any atom is -0.459 e. The number of carbonyl (C=O) groups is 1. The van der Waals surface area contributed by atoms with Crippen molar-refractivity contribution in [2.75, 3.05) is 44.3 Å². The molecule has 1 amide bonds. The molecule has 2 saturated heterocycles. The van der Waals surface area contributed by atoms with Crippen LogP contribution in [-0.2, 0) is 10.3 Å². The van der Waals surface area contributed by atoms with E-state index < -0.39 is 5.54 Å². The average molecular weight is 450 g/mol. The van der Waals surface area contributed by atoms with E-state index in [0.717, 1.165) is 29.8 Å². The van der Waals surface area contributed by atoms with E-state index in [2.05, 4.69) is 10.6 Å². The van der Waals surface area contributed by atoms with E-state index in [-0.39, 0.29) is 17.6 Å². The van der Waals surface area contributed by atoms with Gasteiger partial charge in [0, 0.05) is 24.0 Å². The molecule has 1 saturated carbocycles. The molecule has 2 aliphatic heterocycles. The van der Waals surface area contributed by atoms with Crippen LogP contribution in [-0.4, -0.2) is 45.3 Å². The highest BCUT2D eigenvalue weighted by Gasteiger charge is 2.63. The van der Waals surface area contributed by atoms with Crippen molar-refractivity contribution in [2.24, 2.45) is 17.8 Å². The van der Waals surface area contributed by atoms with Crippen LogP contribution in [0.5, 0.6) is 0 Å². The van der Waals surface area contributed by atoms with E-state index in [0.29, 0.717) is 49.4 Å². The number of para-hydroxylation sites is 1. The molecule has 172 valence electrons. The Bertz CT molecular complexity index is 1160. The predicted octanol–water partition coefficient (Wildman–Crippen LogP) is 3.52. The number of morpholine rings is 1. The summed E-state index contributed by atoms with van der Waals surface area (Å²) in [6, 6.07) is 14.6. The fourth-order valence-electron chi connectivity index (χ4n) is 5.84. The van der Waals surface area contributed by atoms with Crippen LogP contribution < -0.4 is 15.5 Å². The number of ether oxygens (including phenoxy) is 1. The monoisotopic (exact) mass is 449 g/mol. The lowest BCUT2D eigenvalue weighted by Gasteiger charge is -2.31. The van der Waals surface area contributed by atoms with Crippen LogP contribution in [0.3, 0.4) is 0 Å². The van der Waals surface area contributed by atoms with Crippen molar-refractivity contribution in [3.05, 3.63) is 65.7 Å². The highest BCUT2D eigenvalue weighted by molar-refractivity contribution is 5.95. The van der Waals surface area contributed by atoms with Crippen molar-refractivity contribution in [1.82, 2.24) is 10.6 Å². The van der Waals surface area contributed by atoms with Crippen LogP contribution in [0.4, 0.5) is 10.1 Å². The number of amides is 1. The molecule has 6 rings (SSSR count). The Morgan fingerprint density at radius 3 is 2.61 bits per heavy atom. The standard InChI is InChI=1S/C26H28FN3O3/c1-26(24-18-14-28-15-19(18)24,23-13-16-4-2-3-5-22(16)33-23)29-25(31)17-6-7-21(20(27)12-17)30-8-10-32-11-9-30/h2-7,12-13,18-19,24,28H,8-11,14-15H2,1H3,(H,29,31). The summed E-state index contributed by atoms with van der Waals surface area (Å²) in [6.07, 6.45) is 0. The van der Waals surface area contributed by atoms with E-state index in [1.807, 2.05) is 42.2 Å². The number of halogens is 1. The smallest absolute Gasteiger partial charge is 0.252 e. The number of nitrogens with one attached hydrogen (secondary N) is 2. The second-order valence-corrected chi connectivity index (χ2v) is 9.58. The van der Waals surface area contributed by atoms with Gasteiger partial charge in [-0.15, -0.1) is 0 Å². The van der Waals surface area contributed by atoms with Gasteiger partial charge in [-0.1, -0.05) is 18.2 Å². The molecule has 1 aliphatic carbocycles. The van der Waals surface area contributed by atoms with Crippen LogP contribution in [0.1, 0.15) is 23.0 Å². The first-order chi connectivity index (χ1) is 16.0. The van der Waals surface area contributed by atoms with Crippen molar-refractivity contribution in [3.63, 3.8) is 0 Å². The Balaban J connectivity index is 1.30. The van der Waals surface area contributed by atoms with Gasteiger partial charge in [0.15, 0.2) is 0 Å². The fourth-order valence-corrected chi connectivity index (χ4v) is 5.84. The lowest BCUT2D eigenvalue weighted by atomic mass is 9.88. The summed E-state index contributed by atoms with van der Waals surface area (Å²) in [4.78, 5) is 15.3. The quantitative estimate of drug-likeness (QED) is 0.624. The Morgan fingerprint density at radius 1 is 1.12 bits per heavy atom. The summed E-state index contributed by atoms with van der Waals surface area (Å²) in [7, 11) is 0. The highest BCUT2D eigenvalue weighted by atomic mass is 19.1. The molecule has 1 aromatic heterocycles. The Hall–Kier alpha value is -2.90. The van der Waals surface area contributed by atoms with Crippen molar-refractivity contribution in [3.8, 4) is 0 Å². The summed E-state index contributed by atoms with van der Waals surface area (Å²) in [5.41, 5.74) is 0.957. The third kappa shape index (κ3) is 3.50. The van der Waals surface area contributed by atoms with Gasteiger partial charge in [-0.3, -0.25) is 4.79 Å². The van der Waals surface area contributed by atoms with Gasteiger partial charge in [-0.25, -0.2) is 4.39 Å². The molecule has 3 atom stereocenters. The van der Waals surface area contributed by atoms with Crippen LogP contribution in [0.25, 0.3) is 11.0 Å². The summed E-state index contributed by atoms with van der Waals surface area (Å²) in [6.45, 7) is 6.39. The van der Waals surface area contributed by atoms with Gasteiger partial charge in [-0.2, -0.15) is 0 Å². The lowest BCUT2D eigenvalue weighted by Crippen LogP contribution is -2.47. The van der Waals surface area contributed by atoms with E-state index in [4.69, 9.17) is 9.15 Å². The maximum atomic E-state index is 15.0. The number of carbonyl (C=O) groups excluding carboxylic acids is 1. The van der Waals surface area contributed by atoms with Crippen molar-refractivity contribution in [1.29, 1.82) is 0 Å². The van der Waals surface area contributed by atoms with E-state index in [1.165, 1.54) is 6.07 Å². The topological polar surface area (TPSA) is 66.7 Å². The summed E-state index contributed by atoms with van der Waals surface area (Å²) in [5, 5.41) is 7.68. The lowest BCUT2D eigenvalue weighted by molar-refractivity contribution is 0.0867. The van der Waals surface area contributed by atoms with E-state index in [1.54, 1.807) is 12.1 Å². The molecule has 0 bridgehead atoms. The van der Waals surface area contributed by atoms with Gasteiger partial charge in [0.25, 0.3) is 5.91 Å². The molecule has 3 heterocycles. The molecule has 0 radical (unpaired) electrons. The zero-order valence-electron chi connectivity index (χ0n) is 18.6. The molecule has 3 aliphatic rings. The predicted molar refractivity (Wildman–Crippen MR) is 124 cm³/mol. The molecule has 2 aromatic carbocycles. The van der Waals surface area contributed by atoms with Gasteiger partial charge in [-0.05, 0) is 68.1 Å². The first-order valence-electron chi connectivity index (χ1n) is 11.7. The third-order valence-electron chi connectivity index (χ3n) is 7.63. The molecule has 7 heteroatoms. The third-order valence-corrected chi connectivity index (χ3v) is 7.63. The van der Waals surface area contributed by atoms with Crippen molar-refractivity contribution < 1.29 is 18.3 Å². The van der Waals surface area contributed by atoms with Gasteiger partial charge < -0.3 is 24.7 Å². The molecule has 3 aromatic rings. The normalized spacial score (nSPS) is 26.1. The summed E-state index contributed by atoms with van der Waals surface area (Å²) >= 11 is 0. The average Bonchev–Trinajstić information content (AvgIpc) is 3.15. The number of hydrogen-bond donors (Lipinski definition) is 2. The first-order valence-corrected chi connectivity index (χ1v) is 11.7. The van der Waals surface area contributed by atoms with E-state index in [9.17, 15) is 9.18 Å². The maximum absolute atomic E-state index is 15.0. The second-order valence-electron chi connectivity index (χ2n) is 9.58. The minimum absolute atomic E-state index is 0.278. The van der Waals surface area contributed by atoms with Crippen LogP contribution in [0, 0.1) is 23.6 Å². The number of fused-ring (bicyclic) bond motifs is 2. The van der Waals surface area contributed by atoms with E-state index >= 15 is 0 Å². The SMILES string of the molecule is CC(NC(=O)c1ccc(N2CCOCC2)c(F)c1)(c1cc2ccccc2o1)C1C2CNCC21. The summed E-state index contributed by atoms with van der Waals surface area (Å²) < 4.78 is 26.6. The van der Waals surface area contributed by atoms with Crippen LogP contribution >= 0.6 is 0 Å². The van der Waals surface area contributed by atoms with Gasteiger partial charge in [0.2, 0.25) is 0 Å². The van der Waals surface area contributed by atoms with Crippen molar-refractivity contribution in [2.45, 2.75) is 12.5 Å². The molecule has 33 heavy (non-hydrogen) atoms. The maximum Gasteiger partial charge on any atom is 0.252 e. The zero-order valence-corrected chi connectivity index (χ0v) is 18.6. The molecular formula is C26H28FN3O3. The second kappa shape index (κ2) is 7.85. The molecule has 3 fully saturated rings. The largest absolute Gasteiger partial charge is 0.459 e. The first kappa shape index (κ1) is 20.7. The molecule has 6 nitrogen and oxygen atoms in total. The number of hydrogen-bond acceptors (Lipinski definition) is 5. The number of nitrogens with zero attached hydrogens (tertiary/aromatic N) is 1. The van der Waals surface area contributed by atoms with Crippen molar-refractivity contribution >= 4 is 22.6 Å². The zero-order chi connectivity index (χ0) is 22.6. The fraction of sp³-hybridized carbons (Fsp3) is 0.423. The minimum atomic E-state index is -0.674. The number of anilines is 1. The molecule has 0 spiro atoms. The number of benzene rings is 2. The van der Waals surface area contributed by atoms with Crippen LogP contribution in [0.2, 0.25) is 0 Å². The summed E-state index contributed by atoms with van der Waals surface area (Å²) in [5.74, 6) is 1.36. The molecule has 3 unspecified atom stereocenters. The Kier molecular flexibility index (Phi) is 4.92. The Labute approximate surface area is 192 Å². The highest BCUT2D eigenvalue weighted by Crippen LogP contribution is 2.58.